The fourth-order valence-electron chi connectivity index (χ4n) is 2.44. The standard InChI is InChI=1S/C16H13NO3/c18-15-9-13-8-11(4-5-14(13)17-15)6-10-2-1-3-12(7-10)16(19)20/h1-5,7-8H,6,9H2,(H,17,18)(H,19,20). The second-order valence-electron chi connectivity index (χ2n) is 4.90. The highest BCUT2D eigenvalue weighted by Gasteiger charge is 2.17. The zero-order valence-electron chi connectivity index (χ0n) is 10.7. The number of hydrogen-bond acceptors (Lipinski definition) is 2. The zero-order chi connectivity index (χ0) is 14.1. The number of carboxylic acid groups (broad SMARTS) is 1. The largest absolute Gasteiger partial charge is 0.478 e. The van der Waals surface area contributed by atoms with E-state index in [9.17, 15) is 9.59 Å². The molecule has 0 unspecified atom stereocenters. The van der Waals surface area contributed by atoms with E-state index < -0.39 is 5.97 Å². The van der Waals surface area contributed by atoms with Crippen LogP contribution in [0.2, 0.25) is 0 Å². The van der Waals surface area contributed by atoms with Gasteiger partial charge in [0.1, 0.15) is 0 Å². The molecule has 2 aromatic rings. The molecule has 0 saturated carbocycles. The maximum absolute atomic E-state index is 11.3. The number of hydrogen-bond donors (Lipinski definition) is 2. The predicted molar refractivity (Wildman–Crippen MR) is 75.0 cm³/mol. The lowest BCUT2D eigenvalue weighted by Crippen LogP contribution is -2.03. The van der Waals surface area contributed by atoms with Crippen LogP contribution < -0.4 is 5.32 Å². The second-order valence-corrected chi connectivity index (χ2v) is 4.90. The Hall–Kier alpha value is -2.62. The molecule has 20 heavy (non-hydrogen) atoms. The van der Waals surface area contributed by atoms with Crippen LogP contribution in [0, 0.1) is 0 Å². The first-order valence-corrected chi connectivity index (χ1v) is 6.36. The summed E-state index contributed by atoms with van der Waals surface area (Å²) in [5, 5.41) is 11.8. The first-order valence-electron chi connectivity index (χ1n) is 6.36. The minimum Gasteiger partial charge on any atom is -0.478 e. The van der Waals surface area contributed by atoms with Crippen molar-refractivity contribution >= 4 is 17.6 Å². The molecule has 3 rings (SSSR count). The molecule has 4 heteroatoms. The molecule has 0 saturated heterocycles. The van der Waals surface area contributed by atoms with Gasteiger partial charge >= 0.3 is 5.97 Å². The minimum absolute atomic E-state index is 0.0185. The third-order valence-corrected chi connectivity index (χ3v) is 3.38. The van der Waals surface area contributed by atoms with Crippen LogP contribution in [0.3, 0.4) is 0 Å². The van der Waals surface area contributed by atoms with E-state index in [0.717, 1.165) is 22.4 Å². The highest BCUT2D eigenvalue weighted by Crippen LogP contribution is 2.25. The molecule has 2 N–H and O–H groups in total. The van der Waals surface area contributed by atoms with Gasteiger partial charge in [-0.25, -0.2) is 4.79 Å². The van der Waals surface area contributed by atoms with Crippen molar-refractivity contribution in [1.82, 2.24) is 0 Å². The molecular formula is C16H13NO3. The number of aromatic carboxylic acids is 1. The lowest BCUT2D eigenvalue weighted by Gasteiger charge is -2.05. The molecule has 0 spiro atoms. The van der Waals surface area contributed by atoms with Gasteiger partial charge in [0, 0.05) is 5.69 Å². The molecule has 0 aliphatic carbocycles. The molecule has 4 nitrogen and oxygen atoms in total. The first kappa shape index (κ1) is 12.4. The van der Waals surface area contributed by atoms with Crippen LogP contribution in [-0.2, 0) is 17.6 Å². The molecule has 1 amide bonds. The highest BCUT2D eigenvalue weighted by molar-refractivity contribution is 5.99. The van der Waals surface area contributed by atoms with Gasteiger partial charge in [-0.1, -0.05) is 24.3 Å². The molecular weight excluding hydrogens is 254 g/mol. The SMILES string of the molecule is O=C1Cc2cc(Cc3cccc(C(=O)O)c3)ccc2N1. The lowest BCUT2D eigenvalue weighted by molar-refractivity contribution is -0.115. The number of nitrogens with one attached hydrogen (secondary N) is 1. The predicted octanol–water partition coefficient (Wildman–Crippen LogP) is 2.47. The lowest BCUT2D eigenvalue weighted by atomic mass is 10.0. The van der Waals surface area contributed by atoms with Gasteiger partial charge in [-0.3, -0.25) is 4.79 Å². The summed E-state index contributed by atoms with van der Waals surface area (Å²) in [5.74, 6) is -0.902. The van der Waals surface area contributed by atoms with E-state index >= 15 is 0 Å². The number of anilines is 1. The van der Waals surface area contributed by atoms with Crippen molar-refractivity contribution in [3.8, 4) is 0 Å². The van der Waals surface area contributed by atoms with Crippen molar-refractivity contribution in [1.29, 1.82) is 0 Å². The molecule has 0 atom stereocenters. The molecule has 0 fully saturated rings. The van der Waals surface area contributed by atoms with Crippen molar-refractivity contribution in [2.75, 3.05) is 5.32 Å². The van der Waals surface area contributed by atoms with E-state index in [-0.39, 0.29) is 5.91 Å². The second kappa shape index (κ2) is 4.81. The summed E-state index contributed by atoms with van der Waals surface area (Å²) in [5.41, 5.74) is 4.19. The molecule has 1 heterocycles. The molecule has 2 aromatic carbocycles. The molecule has 0 radical (unpaired) electrons. The molecule has 0 aromatic heterocycles. The van der Waals surface area contributed by atoms with Crippen molar-refractivity contribution in [2.24, 2.45) is 0 Å². The van der Waals surface area contributed by atoms with Crippen molar-refractivity contribution in [3.63, 3.8) is 0 Å². The van der Waals surface area contributed by atoms with Gasteiger partial charge in [-0.2, -0.15) is 0 Å². The summed E-state index contributed by atoms with van der Waals surface area (Å²) in [6, 6.07) is 12.8. The van der Waals surface area contributed by atoms with Crippen LogP contribution in [0.15, 0.2) is 42.5 Å². The van der Waals surface area contributed by atoms with E-state index in [1.54, 1.807) is 18.2 Å². The monoisotopic (exact) mass is 267 g/mol. The third-order valence-electron chi connectivity index (χ3n) is 3.38. The third kappa shape index (κ3) is 2.40. The fraction of sp³-hybridized carbons (Fsp3) is 0.125. The van der Waals surface area contributed by atoms with Gasteiger partial charge in [0.25, 0.3) is 0 Å². The van der Waals surface area contributed by atoms with E-state index in [1.165, 1.54) is 0 Å². The Morgan fingerprint density at radius 3 is 2.75 bits per heavy atom. The Bertz CT molecular complexity index is 707. The van der Waals surface area contributed by atoms with E-state index in [4.69, 9.17) is 5.11 Å². The smallest absolute Gasteiger partial charge is 0.335 e. The van der Waals surface area contributed by atoms with Gasteiger partial charge in [0.05, 0.1) is 12.0 Å². The summed E-state index contributed by atoms with van der Waals surface area (Å²) in [4.78, 5) is 22.3. The molecule has 1 aliphatic rings. The van der Waals surface area contributed by atoms with E-state index in [0.29, 0.717) is 18.4 Å². The average Bonchev–Trinajstić information content (AvgIpc) is 2.78. The quantitative estimate of drug-likeness (QED) is 0.897. The van der Waals surface area contributed by atoms with Crippen LogP contribution in [0.25, 0.3) is 0 Å². The van der Waals surface area contributed by atoms with Gasteiger partial charge in [0.15, 0.2) is 0 Å². The number of carbonyl (C=O) groups excluding carboxylic acids is 1. The highest BCUT2D eigenvalue weighted by atomic mass is 16.4. The van der Waals surface area contributed by atoms with Crippen LogP contribution in [0.4, 0.5) is 5.69 Å². The first-order chi connectivity index (χ1) is 9.61. The number of amides is 1. The van der Waals surface area contributed by atoms with Gasteiger partial charge in [-0.05, 0) is 41.3 Å². The number of carbonyl (C=O) groups is 2. The minimum atomic E-state index is -0.921. The summed E-state index contributed by atoms with van der Waals surface area (Å²) in [6.45, 7) is 0. The van der Waals surface area contributed by atoms with E-state index in [1.807, 2.05) is 24.3 Å². The van der Waals surface area contributed by atoms with Crippen molar-refractivity contribution < 1.29 is 14.7 Å². The maximum Gasteiger partial charge on any atom is 0.335 e. The van der Waals surface area contributed by atoms with Crippen LogP contribution in [0.1, 0.15) is 27.0 Å². The number of carboxylic acids is 1. The van der Waals surface area contributed by atoms with Crippen molar-refractivity contribution in [3.05, 3.63) is 64.7 Å². The summed E-state index contributed by atoms with van der Waals surface area (Å²) in [7, 11) is 0. The Morgan fingerprint density at radius 2 is 1.95 bits per heavy atom. The van der Waals surface area contributed by atoms with Crippen LogP contribution >= 0.6 is 0 Å². The van der Waals surface area contributed by atoms with Gasteiger partial charge in [0.2, 0.25) is 5.91 Å². The molecule has 100 valence electrons. The normalized spacial score (nSPS) is 12.9. The summed E-state index contributed by atoms with van der Waals surface area (Å²) < 4.78 is 0. The molecule has 1 aliphatic heterocycles. The zero-order valence-corrected chi connectivity index (χ0v) is 10.7. The van der Waals surface area contributed by atoms with Crippen LogP contribution in [0.5, 0.6) is 0 Å². The fourth-order valence-corrected chi connectivity index (χ4v) is 2.44. The van der Waals surface area contributed by atoms with E-state index in [2.05, 4.69) is 5.32 Å². The Balaban J connectivity index is 1.85. The van der Waals surface area contributed by atoms with Gasteiger partial charge in [-0.15, -0.1) is 0 Å². The molecule has 0 bridgehead atoms. The average molecular weight is 267 g/mol. The number of rotatable bonds is 3. The Labute approximate surface area is 116 Å². The maximum atomic E-state index is 11.3. The van der Waals surface area contributed by atoms with Crippen molar-refractivity contribution in [2.45, 2.75) is 12.8 Å². The number of benzene rings is 2. The topological polar surface area (TPSA) is 66.4 Å². The summed E-state index contributed by atoms with van der Waals surface area (Å²) in [6.07, 6.45) is 1.07. The Morgan fingerprint density at radius 1 is 1.15 bits per heavy atom. The van der Waals surface area contributed by atoms with Gasteiger partial charge < -0.3 is 10.4 Å². The van der Waals surface area contributed by atoms with Crippen LogP contribution in [-0.4, -0.2) is 17.0 Å². The Kier molecular flexibility index (Phi) is 2.99. The summed E-state index contributed by atoms with van der Waals surface area (Å²) >= 11 is 0. The number of fused-ring (bicyclic) bond motifs is 1.